The molecule has 0 unspecified atom stereocenters. The van der Waals surface area contributed by atoms with Crippen LogP contribution in [0.4, 0.5) is 10.1 Å². The van der Waals surface area contributed by atoms with Crippen LogP contribution in [0.1, 0.15) is 21.5 Å². The van der Waals surface area contributed by atoms with Gasteiger partial charge in [-0.25, -0.2) is 4.39 Å². The van der Waals surface area contributed by atoms with E-state index in [0.29, 0.717) is 22.4 Å². The van der Waals surface area contributed by atoms with Gasteiger partial charge in [0.1, 0.15) is 5.82 Å². The van der Waals surface area contributed by atoms with Crippen LogP contribution in [-0.2, 0) is 0 Å². The van der Waals surface area contributed by atoms with E-state index < -0.39 is 5.82 Å². The molecular weight excluding hydrogens is 241 g/mol. The Labute approximate surface area is 111 Å². The number of nitrogens with one attached hydrogen (secondary N) is 1. The number of anilines is 1. The molecule has 2 aromatic rings. The van der Waals surface area contributed by atoms with Crippen LogP contribution in [0.25, 0.3) is 0 Å². The quantitative estimate of drug-likeness (QED) is 0.817. The Balaban J connectivity index is 2.26. The molecule has 0 radical (unpaired) electrons. The summed E-state index contributed by atoms with van der Waals surface area (Å²) >= 11 is 0. The molecule has 2 rings (SSSR count). The molecule has 3 heteroatoms. The monoisotopic (exact) mass is 253 g/mol. The maximum Gasteiger partial charge on any atom is 0.256 e. The molecule has 2 nitrogen and oxygen atoms in total. The average molecular weight is 253 g/mol. The van der Waals surface area contributed by atoms with Crippen LogP contribution in [0.2, 0.25) is 0 Å². The molecule has 0 atom stereocenters. The number of aryl methyl sites for hydroxylation is 1. The normalized spacial score (nSPS) is 9.74. The molecule has 0 saturated carbocycles. The number of benzene rings is 2. The highest BCUT2D eigenvalue weighted by atomic mass is 19.1. The summed E-state index contributed by atoms with van der Waals surface area (Å²) in [5.41, 5.74) is 2.29. The second kappa shape index (κ2) is 5.36. The van der Waals surface area contributed by atoms with Crippen molar-refractivity contribution in [2.75, 3.05) is 5.32 Å². The maximum absolute atomic E-state index is 13.2. The Morgan fingerprint density at radius 3 is 2.79 bits per heavy atom. The topological polar surface area (TPSA) is 29.1 Å². The number of terminal acetylenes is 1. The Morgan fingerprint density at radius 2 is 2.05 bits per heavy atom. The van der Waals surface area contributed by atoms with Crippen molar-refractivity contribution < 1.29 is 9.18 Å². The van der Waals surface area contributed by atoms with Crippen molar-refractivity contribution in [1.82, 2.24) is 0 Å². The second-order valence-corrected chi connectivity index (χ2v) is 4.14. The lowest BCUT2D eigenvalue weighted by atomic mass is 10.1. The van der Waals surface area contributed by atoms with Gasteiger partial charge >= 0.3 is 0 Å². The third-order valence-electron chi connectivity index (χ3n) is 2.73. The lowest BCUT2D eigenvalue weighted by molar-refractivity contribution is 0.102. The lowest BCUT2D eigenvalue weighted by Gasteiger charge is -2.08. The van der Waals surface area contributed by atoms with Gasteiger partial charge in [0.2, 0.25) is 0 Å². The lowest BCUT2D eigenvalue weighted by Crippen LogP contribution is -2.13. The van der Waals surface area contributed by atoms with Gasteiger partial charge in [0.15, 0.2) is 0 Å². The first kappa shape index (κ1) is 12.8. The number of carbonyl (C=O) groups excluding carboxylic acids is 1. The minimum absolute atomic E-state index is 0.311. The zero-order valence-electron chi connectivity index (χ0n) is 10.4. The molecule has 0 fully saturated rings. The summed E-state index contributed by atoms with van der Waals surface area (Å²) in [5.74, 6) is 1.70. The largest absolute Gasteiger partial charge is 0.322 e. The van der Waals surface area contributed by atoms with E-state index in [9.17, 15) is 9.18 Å². The molecule has 0 aromatic heterocycles. The van der Waals surface area contributed by atoms with E-state index in [1.54, 1.807) is 37.3 Å². The first-order valence-corrected chi connectivity index (χ1v) is 5.74. The predicted molar refractivity (Wildman–Crippen MR) is 73.5 cm³/mol. The molecule has 0 spiro atoms. The maximum atomic E-state index is 13.2. The molecular formula is C16H12FNO. The second-order valence-electron chi connectivity index (χ2n) is 4.14. The third kappa shape index (κ3) is 2.99. The van der Waals surface area contributed by atoms with Crippen LogP contribution in [0.5, 0.6) is 0 Å². The molecule has 1 N–H and O–H groups in total. The molecule has 0 saturated heterocycles. The molecule has 0 bridgehead atoms. The van der Waals surface area contributed by atoms with Crippen molar-refractivity contribution in [3.05, 3.63) is 65.0 Å². The standard InChI is InChI=1S/C16H12FNO/c1-3-12-5-4-6-14(9-12)18-16(19)15-10-13(17)8-7-11(15)2/h1,4-10H,2H3,(H,18,19). The average Bonchev–Trinajstić information content (AvgIpc) is 2.41. The molecule has 1 amide bonds. The highest BCUT2D eigenvalue weighted by Crippen LogP contribution is 2.15. The number of hydrogen-bond donors (Lipinski definition) is 1. The van der Waals surface area contributed by atoms with Crippen LogP contribution in [-0.4, -0.2) is 5.91 Å². The van der Waals surface area contributed by atoms with Crippen LogP contribution in [0, 0.1) is 25.1 Å². The highest BCUT2D eigenvalue weighted by Gasteiger charge is 2.10. The first-order chi connectivity index (χ1) is 9.10. The number of hydrogen-bond acceptors (Lipinski definition) is 1. The Bertz CT molecular complexity index is 671. The van der Waals surface area contributed by atoms with Gasteiger partial charge in [-0.1, -0.05) is 18.1 Å². The van der Waals surface area contributed by atoms with Crippen molar-refractivity contribution >= 4 is 11.6 Å². The summed E-state index contributed by atoms with van der Waals surface area (Å²) in [5, 5.41) is 2.70. The summed E-state index contributed by atoms with van der Waals surface area (Å²) in [6.07, 6.45) is 5.29. The summed E-state index contributed by atoms with van der Waals surface area (Å²) in [4.78, 5) is 12.1. The van der Waals surface area contributed by atoms with Gasteiger partial charge in [-0.3, -0.25) is 4.79 Å². The van der Waals surface area contributed by atoms with Gasteiger partial charge in [-0.2, -0.15) is 0 Å². The minimum atomic E-state index is -0.437. The van der Waals surface area contributed by atoms with Gasteiger partial charge in [-0.15, -0.1) is 6.42 Å². The van der Waals surface area contributed by atoms with Crippen LogP contribution in [0.15, 0.2) is 42.5 Å². The van der Waals surface area contributed by atoms with Crippen LogP contribution >= 0.6 is 0 Å². The fourth-order valence-electron chi connectivity index (χ4n) is 1.72. The summed E-state index contributed by atoms with van der Waals surface area (Å²) in [6, 6.07) is 11.1. The highest BCUT2D eigenvalue weighted by molar-refractivity contribution is 6.05. The number of halogens is 1. The van der Waals surface area contributed by atoms with Crippen molar-refractivity contribution in [1.29, 1.82) is 0 Å². The van der Waals surface area contributed by atoms with Crippen molar-refractivity contribution in [3.8, 4) is 12.3 Å². The molecule has 0 heterocycles. The third-order valence-corrected chi connectivity index (χ3v) is 2.73. The predicted octanol–water partition coefficient (Wildman–Crippen LogP) is 3.37. The van der Waals surface area contributed by atoms with Crippen LogP contribution < -0.4 is 5.32 Å². The fourth-order valence-corrected chi connectivity index (χ4v) is 1.72. The zero-order chi connectivity index (χ0) is 13.8. The van der Waals surface area contributed by atoms with Gasteiger partial charge < -0.3 is 5.32 Å². The number of rotatable bonds is 2. The van der Waals surface area contributed by atoms with Gasteiger partial charge in [0, 0.05) is 16.8 Å². The molecule has 94 valence electrons. The Morgan fingerprint density at radius 1 is 1.26 bits per heavy atom. The summed E-state index contributed by atoms with van der Waals surface area (Å²) in [6.45, 7) is 1.76. The smallest absolute Gasteiger partial charge is 0.256 e. The van der Waals surface area contributed by atoms with Crippen molar-refractivity contribution in [3.63, 3.8) is 0 Å². The number of carbonyl (C=O) groups is 1. The van der Waals surface area contributed by atoms with E-state index in [0.717, 1.165) is 0 Å². The van der Waals surface area contributed by atoms with Crippen molar-refractivity contribution in [2.45, 2.75) is 6.92 Å². The van der Waals surface area contributed by atoms with Crippen LogP contribution in [0.3, 0.4) is 0 Å². The zero-order valence-corrected chi connectivity index (χ0v) is 10.4. The molecule has 19 heavy (non-hydrogen) atoms. The summed E-state index contributed by atoms with van der Waals surface area (Å²) in [7, 11) is 0. The van der Waals surface area contributed by atoms with E-state index in [1.807, 2.05) is 0 Å². The van der Waals surface area contributed by atoms with E-state index >= 15 is 0 Å². The Hall–Kier alpha value is -2.60. The van der Waals surface area contributed by atoms with Gasteiger partial charge in [-0.05, 0) is 42.8 Å². The SMILES string of the molecule is C#Cc1cccc(NC(=O)c2cc(F)ccc2C)c1. The molecule has 0 aliphatic carbocycles. The number of amides is 1. The molecule has 2 aromatic carbocycles. The first-order valence-electron chi connectivity index (χ1n) is 5.74. The van der Waals surface area contributed by atoms with E-state index in [1.165, 1.54) is 12.1 Å². The van der Waals surface area contributed by atoms with Gasteiger partial charge in [0.25, 0.3) is 5.91 Å². The van der Waals surface area contributed by atoms with E-state index in [-0.39, 0.29) is 5.91 Å². The Kier molecular flexibility index (Phi) is 3.63. The molecule has 0 aliphatic heterocycles. The van der Waals surface area contributed by atoms with Crippen molar-refractivity contribution in [2.24, 2.45) is 0 Å². The van der Waals surface area contributed by atoms with E-state index in [2.05, 4.69) is 11.2 Å². The summed E-state index contributed by atoms with van der Waals surface area (Å²) < 4.78 is 13.2. The van der Waals surface area contributed by atoms with Gasteiger partial charge in [0.05, 0.1) is 0 Å². The fraction of sp³-hybridized carbons (Fsp3) is 0.0625. The van der Waals surface area contributed by atoms with E-state index in [4.69, 9.17) is 6.42 Å². The minimum Gasteiger partial charge on any atom is -0.322 e. The molecule has 0 aliphatic rings.